The number of hydrogen-bond acceptors (Lipinski definition) is 6. The zero-order chi connectivity index (χ0) is 21.3. The molecule has 30 heavy (non-hydrogen) atoms. The molecule has 156 valence electrons. The van der Waals surface area contributed by atoms with Gasteiger partial charge in [0.15, 0.2) is 11.6 Å². The second-order valence-electron chi connectivity index (χ2n) is 6.66. The summed E-state index contributed by atoms with van der Waals surface area (Å²) >= 11 is 0. The van der Waals surface area contributed by atoms with Crippen LogP contribution in [-0.2, 0) is 4.74 Å². The quantitative estimate of drug-likeness (QED) is 0.661. The third kappa shape index (κ3) is 3.78. The largest absolute Gasteiger partial charge is 0.447 e. The van der Waals surface area contributed by atoms with E-state index in [4.69, 9.17) is 4.74 Å². The van der Waals surface area contributed by atoms with Gasteiger partial charge in [0.2, 0.25) is 5.95 Å². The summed E-state index contributed by atoms with van der Waals surface area (Å²) in [5.41, 5.74) is 1.01. The Morgan fingerprint density at radius 2 is 2.10 bits per heavy atom. The first kappa shape index (κ1) is 19.7. The molecule has 0 spiro atoms. The molecule has 0 aliphatic carbocycles. The van der Waals surface area contributed by atoms with Crippen LogP contribution in [0.15, 0.2) is 43.0 Å². The van der Waals surface area contributed by atoms with E-state index in [1.807, 2.05) is 6.92 Å². The van der Waals surface area contributed by atoms with Crippen molar-refractivity contribution in [1.29, 1.82) is 0 Å². The minimum atomic E-state index is -0.953. The van der Waals surface area contributed by atoms with Gasteiger partial charge in [-0.15, -0.1) is 0 Å². The number of nitrogens with one attached hydrogen (secondary N) is 1. The van der Waals surface area contributed by atoms with E-state index in [-0.39, 0.29) is 24.4 Å². The van der Waals surface area contributed by atoms with Gasteiger partial charge < -0.3 is 14.6 Å². The summed E-state index contributed by atoms with van der Waals surface area (Å²) < 4.78 is 46.2. The third-order valence-electron chi connectivity index (χ3n) is 4.62. The molecule has 4 rings (SSSR count). The van der Waals surface area contributed by atoms with E-state index in [9.17, 15) is 18.0 Å². The van der Waals surface area contributed by atoms with Crippen molar-refractivity contribution in [2.75, 3.05) is 23.5 Å². The van der Waals surface area contributed by atoms with Gasteiger partial charge in [0.25, 0.3) is 0 Å². The number of alkyl halides is 1. The van der Waals surface area contributed by atoms with Gasteiger partial charge in [-0.05, 0) is 25.1 Å². The van der Waals surface area contributed by atoms with Crippen molar-refractivity contribution in [3.8, 4) is 5.69 Å². The summed E-state index contributed by atoms with van der Waals surface area (Å²) in [4.78, 5) is 25.7. The number of benzene rings is 1. The molecule has 1 aromatic carbocycles. The van der Waals surface area contributed by atoms with Gasteiger partial charge in [-0.1, -0.05) is 0 Å². The highest BCUT2D eigenvalue weighted by Crippen LogP contribution is 2.24. The van der Waals surface area contributed by atoms with Crippen LogP contribution in [0.2, 0.25) is 0 Å². The molecule has 3 heterocycles. The molecule has 1 aliphatic rings. The zero-order valence-electron chi connectivity index (χ0n) is 15.8. The summed E-state index contributed by atoms with van der Waals surface area (Å²) in [6.07, 6.45) is 3.91. The van der Waals surface area contributed by atoms with Crippen LogP contribution in [0.3, 0.4) is 0 Å². The number of halogens is 3. The van der Waals surface area contributed by atoms with Crippen LogP contribution in [0.5, 0.6) is 0 Å². The Labute approximate surface area is 169 Å². The lowest BCUT2D eigenvalue weighted by atomic mass is 10.2. The van der Waals surface area contributed by atoms with Crippen molar-refractivity contribution in [2.45, 2.75) is 19.0 Å². The average molecular weight is 418 g/mol. The van der Waals surface area contributed by atoms with E-state index >= 15 is 0 Å². The van der Waals surface area contributed by atoms with Gasteiger partial charge in [-0.2, -0.15) is 4.98 Å². The summed E-state index contributed by atoms with van der Waals surface area (Å²) in [7, 11) is 0. The van der Waals surface area contributed by atoms with Crippen molar-refractivity contribution in [3.05, 3.63) is 60.3 Å². The van der Waals surface area contributed by atoms with Gasteiger partial charge in [0.05, 0.1) is 18.1 Å². The summed E-state index contributed by atoms with van der Waals surface area (Å²) in [6.45, 7) is 1.01. The molecule has 1 amide bonds. The number of anilines is 2. The Bertz CT molecular complexity index is 1080. The standard InChI is InChI=1S/C19H17F3N6O2/c1-11(16-8-27(10-24-16)12-2-3-14(21)15(22)6-12)25-18-23-5-4-17(26-18)28-13(7-20)9-30-19(28)29/h2-6,8,10-11,13H,7,9H2,1H3,(H,23,25,26)/t11-,13?/m0/s1. The topological polar surface area (TPSA) is 85.2 Å². The van der Waals surface area contributed by atoms with E-state index in [0.29, 0.717) is 11.4 Å². The number of ether oxygens (including phenoxy) is 1. The number of amides is 1. The van der Waals surface area contributed by atoms with E-state index < -0.39 is 30.4 Å². The molecule has 0 saturated carbocycles. The predicted molar refractivity (Wildman–Crippen MR) is 101 cm³/mol. The van der Waals surface area contributed by atoms with Gasteiger partial charge in [0, 0.05) is 24.1 Å². The summed E-state index contributed by atoms with van der Waals surface area (Å²) in [6, 6.07) is 3.95. The second kappa shape index (κ2) is 8.01. The van der Waals surface area contributed by atoms with Gasteiger partial charge >= 0.3 is 6.09 Å². The molecule has 1 unspecified atom stereocenters. The van der Waals surface area contributed by atoms with E-state index in [1.165, 1.54) is 24.7 Å². The van der Waals surface area contributed by atoms with Crippen molar-refractivity contribution >= 4 is 17.9 Å². The number of aromatic nitrogens is 4. The maximum atomic E-state index is 13.5. The predicted octanol–water partition coefficient (Wildman–Crippen LogP) is 3.41. The molecule has 3 aromatic rings. The van der Waals surface area contributed by atoms with Crippen molar-refractivity contribution in [2.24, 2.45) is 0 Å². The average Bonchev–Trinajstić information content (AvgIpc) is 3.37. The maximum Gasteiger partial charge on any atom is 0.416 e. The molecule has 1 aliphatic heterocycles. The highest BCUT2D eigenvalue weighted by molar-refractivity contribution is 5.89. The minimum absolute atomic E-state index is 0.0417. The summed E-state index contributed by atoms with van der Waals surface area (Å²) in [5.74, 6) is -1.45. The van der Waals surface area contributed by atoms with Crippen LogP contribution in [-0.4, -0.2) is 44.9 Å². The Kier molecular flexibility index (Phi) is 5.25. The lowest BCUT2D eigenvalue weighted by Gasteiger charge is -2.19. The van der Waals surface area contributed by atoms with E-state index in [2.05, 4.69) is 20.3 Å². The molecule has 1 N–H and O–H groups in total. The fourth-order valence-electron chi connectivity index (χ4n) is 3.02. The third-order valence-corrected chi connectivity index (χ3v) is 4.62. The van der Waals surface area contributed by atoms with Gasteiger partial charge in [-0.25, -0.2) is 27.9 Å². The monoisotopic (exact) mass is 418 g/mol. The smallest absolute Gasteiger partial charge is 0.416 e. The Balaban J connectivity index is 1.51. The molecule has 1 fully saturated rings. The van der Waals surface area contributed by atoms with Gasteiger partial charge in [-0.3, -0.25) is 4.90 Å². The molecule has 2 atom stereocenters. The molecule has 0 radical (unpaired) electrons. The summed E-state index contributed by atoms with van der Waals surface area (Å²) in [5, 5.41) is 3.05. The highest BCUT2D eigenvalue weighted by atomic mass is 19.2. The first-order valence-corrected chi connectivity index (χ1v) is 9.07. The second-order valence-corrected chi connectivity index (χ2v) is 6.66. The Morgan fingerprint density at radius 1 is 1.27 bits per heavy atom. The number of carbonyl (C=O) groups is 1. The molecular weight excluding hydrogens is 401 g/mol. The number of nitrogens with zero attached hydrogens (tertiary/aromatic N) is 5. The maximum absolute atomic E-state index is 13.5. The lowest BCUT2D eigenvalue weighted by Crippen LogP contribution is -2.35. The van der Waals surface area contributed by atoms with Crippen LogP contribution in [0.1, 0.15) is 18.7 Å². The molecule has 1 saturated heterocycles. The highest BCUT2D eigenvalue weighted by Gasteiger charge is 2.35. The molecule has 0 bridgehead atoms. The van der Waals surface area contributed by atoms with E-state index in [0.717, 1.165) is 17.0 Å². The van der Waals surface area contributed by atoms with Crippen LogP contribution < -0.4 is 10.2 Å². The Hall–Kier alpha value is -3.63. The van der Waals surface area contributed by atoms with Crippen molar-refractivity contribution in [1.82, 2.24) is 19.5 Å². The first-order valence-electron chi connectivity index (χ1n) is 9.07. The van der Waals surface area contributed by atoms with Gasteiger partial charge in [0.1, 0.15) is 25.1 Å². The normalized spacial score (nSPS) is 17.1. The molecule has 8 nitrogen and oxygen atoms in total. The SMILES string of the molecule is C[C@H](Nc1nccc(N2C(=O)OCC2CF)n1)c1cn(-c2ccc(F)c(F)c2)cn1. The zero-order valence-corrected chi connectivity index (χ0v) is 15.8. The number of rotatable bonds is 6. The molecule has 11 heteroatoms. The minimum Gasteiger partial charge on any atom is -0.447 e. The number of imidazole rings is 1. The fraction of sp³-hybridized carbons (Fsp3) is 0.263. The lowest BCUT2D eigenvalue weighted by molar-refractivity contribution is 0.177. The van der Waals surface area contributed by atoms with Crippen LogP contribution >= 0.6 is 0 Å². The van der Waals surface area contributed by atoms with Crippen molar-refractivity contribution < 1.29 is 22.7 Å². The van der Waals surface area contributed by atoms with E-state index in [1.54, 1.807) is 10.8 Å². The number of cyclic esters (lactones) is 1. The number of hydrogen-bond donors (Lipinski definition) is 1. The van der Waals surface area contributed by atoms with Crippen molar-refractivity contribution in [3.63, 3.8) is 0 Å². The van der Waals surface area contributed by atoms with Crippen LogP contribution in [0.4, 0.5) is 29.7 Å². The molecular formula is C19H17F3N6O2. The fourth-order valence-corrected chi connectivity index (χ4v) is 3.02. The Morgan fingerprint density at radius 3 is 2.87 bits per heavy atom. The molecule has 2 aromatic heterocycles. The first-order chi connectivity index (χ1) is 14.5. The van der Waals surface area contributed by atoms with Crippen LogP contribution in [0, 0.1) is 11.6 Å². The number of carbonyl (C=O) groups excluding carboxylic acids is 1. The van der Waals surface area contributed by atoms with Crippen LogP contribution in [0.25, 0.3) is 5.69 Å².